The highest BCUT2D eigenvalue weighted by Crippen LogP contribution is 2.60. The monoisotopic (exact) mass is 490 g/mol. The molecule has 29 heavy (non-hydrogen) atoms. The highest BCUT2D eigenvalue weighted by Gasteiger charge is 2.34. The Labute approximate surface area is 197 Å². The third kappa shape index (κ3) is 20.3. The molecule has 0 rings (SSSR count). The molecule has 176 valence electrons. The number of halogens is 1. The zero-order chi connectivity index (χ0) is 20.8. The molecule has 0 aromatic carbocycles. The number of rotatable bonds is 23. The van der Waals surface area contributed by atoms with Crippen molar-refractivity contribution < 1.29 is 17.0 Å². The minimum absolute atomic E-state index is 0. The molecule has 0 aliphatic rings. The molecule has 0 radical (unpaired) electrons. The maximum atomic E-state index is 4.18. The normalized spacial score (nSPS) is 11.4. The Bertz CT molecular complexity index is 275. The van der Waals surface area contributed by atoms with E-state index in [-0.39, 0.29) is 17.0 Å². The van der Waals surface area contributed by atoms with Crippen LogP contribution in [0.4, 0.5) is 0 Å². The smallest absolute Gasteiger partial charge is 0.0771 e. The van der Waals surface area contributed by atoms with Gasteiger partial charge in [-0.15, -0.1) is 0 Å². The molecule has 2 heteroatoms. The van der Waals surface area contributed by atoms with E-state index in [2.05, 4.69) is 33.4 Å². The molecule has 0 saturated carbocycles. The van der Waals surface area contributed by atoms with E-state index in [1.807, 2.05) is 0 Å². The number of allylic oxidation sites excluding steroid dienone is 1. The van der Waals surface area contributed by atoms with Crippen molar-refractivity contribution in [3.05, 3.63) is 12.7 Å². The molecular weight excluding hydrogens is 435 g/mol. The van der Waals surface area contributed by atoms with E-state index in [4.69, 9.17) is 0 Å². The van der Waals surface area contributed by atoms with Crippen molar-refractivity contribution >= 4 is 7.26 Å². The lowest BCUT2D eigenvalue weighted by molar-refractivity contribution is -0.00000638. The van der Waals surface area contributed by atoms with E-state index in [1.165, 1.54) is 122 Å². The molecule has 0 N–H and O–H groups in total. The van der Waals surface area contributed by atoms with E-state index in [1.54, 1.807) is 18.5 Å². The van der Waals surface area contributed by atoms with Crippen LogP contribution >= 0.6 is 7.26 Å². The summed E-state index contributed by atoms with van der Waals surface area (Å²) in [6.45, 7) is 11.1. The predicted octanol–water partition coefficient (Wildman–Crippen LogP) is 7.28. The second kappa shape index (κ2) is 24.9. The first kappa shape index (κ1) is 31.8. The van der Waals surface area contributed by atoms with E-state index >= 15 is 0 Å². The van der Waals surface area contributed by atoms with Crippen LogP contribution in [-0.2, 0) is 0 Å². The maximum absolute atomic E-state index is 4.18. The first-order valence-electron chi connectivity index (χ1n) is 13.2. The summed E-state index contributed by atoms with van der Waals surface area (Å²) in [5.74, 6) is 0. The van der Waals surface area contributed by atoms with Crippen molar-refractivity contribution in [2.75, 3.05) is 24.6 Å². The van der Waals surface area contributed by atoms with Gasteiger partial charge in [0.2, 0.25) is 0 Å². The average molecular weight is 492 g/mol. The maximum Gasteiger partial charge on any atom is 0.0771 e. The van der Waals surface area contributed by atoms with Crippen LogP contribution in [0.2, 0.25) is 0 Å². The fourth-order valence-corrected chi connectivity index (χ4v) is 9.02. The van der Waals surface area contributed by atoms with Gasteiger partial charge in [0.15, 0.2) is 0 Å². The summed E-state index contributed by atoms with van der Waals surface area (Å²) in [4.78, 5) is 0. The number of hydrogen-bond acceptors (Lipinski definition) is 0. The predicted molar refractivity (Wildman–Crippen MR) is 137 cm³/mol. The van der Waals surface area contributed by atoms with Gasteiger partial charge >= 0.3 is 0 Å². The Balaban J connectivity index is 0. The summed E-state index contributed by atoms with van der Waals surface area (Å²) in [5.41, 5.74) is 0. The second-order valence-corrected chi connectivity index (χ2v) is 13.7. The lowest BCUT2D eigenvalue weighted by Crippen LogP contribution is -3.00. The van der Waals surface area contributed by atoms with E-state index < -0.39 is 7.26 Å². The number of hydrogen-bond donors (Lipinski definition) is 0. The third-order valence-electron chi connectivity index (χ3n) is 6.47. The van der Waals surface area contributed by atoms with Crippen LogP contribution in [-0.4, -0.2) is 24.6 Å². The van der Waals surface area contributed by atoms with Crippen LogP contribution in [0, 0.1) is 0 Å². The molecule has 0 aliphatic heterocycles. The Morgan fingerprint density at radius 3 is 1.03 bits per heavy atom. The fraction of sp³-hybridized carbons (Fsp3) is 0.926. The van der Waals surface area contributed by atoms with Crippen molar-refractivity contribution in [3.63, 3.8) is 0 Å². The molecule has 0 aliphatic carbocycles. The van der Waals surface area contributed by atoms with Gasteiger partial charge in [-0.3, -0.25) is 0 Å². The minimum atomic E-state index is -0.781. The summed E-state index contributed by atoms with van der Waals surface area (Å²) in [6.07, 6.45) is 34.4. The molecule has 0 fully saturated rings. The fourth-order valence-electron chi connectivity index (χ4n) is 4.57. The van der Waals surface area contributed by atoms with Gasteiger partial charge in [0.1, 0.15) is 0 Å². The van der Waals surface area contributed by atoms with Gasteiger partial charge in [0.25, 0.3) is 0 Å². The first-order valence-corrected chi connectivity index (χ1v) is 15.7. The molecular formula is C27H56BrP. The summed E-state index contributed by atoms with van der Waals surface area (Å²) >= 11 is 0. The topological polar surface area (TPSA) is 0 Å². The molecule has 0 atom stereocenters. The third-order valence-corrected chi connectivity index (χ3v) is 11.3. The quantitative estimate of drug-likeness (QED) is 0.0801. The van der Waals surface area contributed by atoms with Crippen molar-refractivity contribution in [1.29, 1.82) is 0 Å². The molecule has 0 unspecified atom stereocenters. The van der Waals surface area contributed by atoms with Gasteiger partial charge in [-0.25, -0.2) is 0 Å². The molecule has 0 heterocycles. The van der Waals surface area contributed by atoms with Crippen LogP contribution in [0.15, 0.2) is 12.7 Å². The zero-order valence-electron chi connectivity index (χ0n) is 20.7. The van der Waals surface area contributed by atoms with Gasteiger partial charge in [0, 0.05) is 7.26 Å². The van der Waals surface area contributed by atoms with Gasteiger partial charge in [0.05, 0.1) is 24.6 Å². The lowest BCUT2D eigenvalue weighted by Gasteiger charge is -2.27. The Morgan fingerprint density at radius 2 is 0.759 bits per heavy atom. The summed E-state index contributed by atoms with van der Waals surface area (Å²) in [6, 6.07) is 0. The highest BCUT2D eigenvalue weighted by atomic mass is 79.9. The average Bonchev–Trinajstić information content (AvgIpc) is 2.70. The SMILES string of the molecule is C=CC[P+](CCCCCCCC)(CCCCCCCC)CCCCCCCC.[Br-]. The van der Waals surface area contributed by atoms with Crippen molar-refractivity contribution in [2.24, 2.45) is 0 Å². The van der Waals surface area contributed by atoms with E-state index in [0.717, 1.165) is 0 Å². The van der Waals surface area contributed by atoms with Crippen molar-refractivity contribution in [3.8, 4) is 0 Å². The molecule has 0 aromatic heterocycles. The molecule has 0 aromatic rings. The molecule has 0 saturated heterocycles. The zero-order valence-corrected chi connectivity index (χ0v) is 23.1. The molecule has 0 bridgehead atoms. The van der Waals surface area contributed by atoms with Crippen LogP contribution in [0.5, 0.6) is 0 Å². The summed E-state index contributed by atoms with van der Waals surface area (Å²) in [5, 5.41) is 0. The summed E-state index contributed by atoms with van der Waals surface area (Å²) in [7, 11) is -0.781. The van der Waals surface area contributed by atoms with Gasteiger partial charge in [-0.2, -0.15) is 0 Å². The van der Waals surface area contributed by atoms with E-state index in [9.17, 15) is 0 Å². The standard InChI is InChI=1S/C27H56P.BrH/c1-5-9-12-15-18-21-25-28(24-8-4,26-22-19-16-13-10-6-2)27-23-20-17-14-11-7-3;/h8H,4-7,9-27H2,1-3H3;1H/q+1;/p-1. The van der Waals surface area contributed by atoms with Crippen LogP contribution in [0.1, 0.15) is 136 Å². The van der Waals surface area contributed by atoms with Crippen molar-refractivity contribution in [2.45, 2.75) is 136 Å². The van der Waals surface area contributed by atoms with Gasteiger partial charge < -0.3 is 17.0 Å². The molecule has 0 amide bonds. The first-order chi connectivity index (χ1) is 13.7. The number of unbranched alkanes of at least 4 members (excludes halogenated alkanes) is 15. The van der Waals surface area contributed by atoms with Crippen LogP contribution < -0.4 is 17.0 Å². The Morgan fingerprint density at radius 1 is 0.483 bits per heavy atom. The summed E-state index contributed by atoms with van der Waals surface area (Å²) < 4.78 is 0. The molecule has 0 nitrogen and oxygen atoms in total. The van der Waals surface area contributed by atoms with Gasteiger partial charge in [-0.1, -0.05) is 110 Å². The second-order valence-electron chi connectivity index (χ2n) is 9.29. The van der Waals surface area contributed by atoms with Crippen molar-refractivity contribution in [1.82, 2.24) is 0 Å². The minimum Gasteiger partial charge on any atom is -1.00 e. The molecule has 0 spiro atoms. The Kier molecular flexibility index (Phi) is 27.3. The van der Waals surface area contributed by atoms with Crippen LogP contribution in [0.25, 0.3) is 0 Å². The van der Waals surface area contributed by atoms with Crippen LogP contribution in [0.3, 0.4) is 0 Å². The highest BCUT2D eigenvalue weighted by molar-refractivity contribution is 7.76. The van der Waals surface area contributed by atoms with Gasteiger partial charge in [-0.05, 0) is 38.5 Å². The lowest BCUT2D eigenvalue weighted by atomic mass is 10.1. The largest absolute Gasteiger partial charge is 1.00 e. The van der Waals surface area contributed by atoms with E-state index in [0.29, 0.717) is 0 Å². The Hall–Kier alpha value is 0.650.